The average molecular weight is 704 g/mol. The SMILES string of the molecule is c1ccc(-c2ccccc2-c2ccccc2N(c2ccc3oc4ccccc4c3c2)c2ccc3oc4cc(-c5ccccc5)c5ccccc5c4c3c2)cc1. The molecule has 0 radical (unpaired) electrons. The lowest BCUT2D eigenvalue weighted by molar-refractivity contribution is 0.669. The van der Waals surface area contributed by atoms with E-state index in [1.807, 2.05) is 12.1 Å². The van der Waals surface area contributed by atoms with Crippen molar-refractivity contribution in [2.24, 2.45) is 0 Å². The zero-order valence-electron chi connectivity index (χ0n) is 29.8. The lowest BCUT2D eigenvalue weighted by atomic mass is 9.93. The van der Waals surface area contributed by atoms with Gasteiger partial charge in [-0.25, -0.2) is 0 Å². The fourth-order valence-electron chi connectivity index (χ4n) is 8.39. The first-order chi connectivity index (χ1) is 27.3. The number of anilines is 3. The van der Waals surface area contributed by atoms with E-state index in [1.54, 1.807) is 0 Å². The summed E-state index contributed by atoms with van der Waals surface area (Å²) in [6.45, 7) is 0. The number of hydrogen-bond donors (Lipinski definition) is 0. The molecule has 0 unspecified atom stereocenters. The van der Waals surface area contributed by atoms with Crippen molar-refractivity contribution in [2.75, 3.05) is 4.90 Å². The van der Waals surface area contributed by atoms with Crippen LogP contribution in [0.5, 0.6) is 0 Å². The molecule has 2 aromatic heterocycles. The Balaban J connectivity index is 1.18. The number of para-hydroxylation sites is 2. The molecule has 11 rings (SSSR count). The van der Waals surface area contributed by atoms with Gasteiger partial charge in [-0.3, -0.25) is 0 Å². The standard InChI is InChI=1S/C52H33NO2/c1-3-15-34(16-4-1)38-19-7-8-20-39(38)41-22-11-13-25-47(41)53(36-27-29-49-45(31-36)42-23-12-14-26-48(42)54-49)37-28-30-50-46(32-37)52-43-24-10-9-21-40(43)44(33-51(52)55-50)35-17-5-2-6-18-35/h1-33H. The van der Waals surface area contributed by atoms with E-state index in [2.05, 4.69) is 193 Å². The lowest BCUT2D eigenvalue weighted by Crippen LogP contribution is -2.11. The minimum Gasteiger partial charge on any atom is -0.456 e. The molecule has 55 heavy (non-hydrogen) atoms. The predicted octanol–water partition coefficient (Wildman–Crippen LogP) is 15.1. The van der Waals surface area contributed by atoms with E-state index in [4.69, 9.17) is 8.83 Å². The molecule has 0 saturated carbocycles. The summed E-state index contributed by atoms with van der Waals surface area (Å²) in [5.41, 5.74) is 13.6. The molecule has 0 bridgehead atoms. The van der Waals surface area contributed by atoms with Gasteiger partial charge in [0.15, 0.2) is 0 Å². The second-order valence-corrected chi connectivity index (χ2v) is 14.0. The van der Waals surface area contributed by atoms with Gasteiger partial charge in [0, 0.05) is 38.5 Å². The van der Waals surface area contributed by atoms with Crippen molar-refractivity contribution in [3.05, 3.63) is 200 Å². The Bertz CT molecular complexity index is 3210. The molecular formula is C52H33NO2. The minimum absolute atomic E-state index is 0.855. The second kappa shape index (κ2) is 12.6. The fourth-order valence-corrected chi connectivity index (χ4v) is 8.39. The molecule has 0 aliphatic rings. The number of hydrogen-bond acceptors (Lipinski definition) is 3. The van der Waals surface area contributed by atoms with Crippen molar-refractivity contribution >= 4 is 71.7 Å². The van der Waals surface area contributed by atoms with Crippen LogP contribution in [-0.4, -0.2) is 0 Å². The van der Waals surface area contributed by atoms with Crippen molar-refractivity contribution in [3.8, 4) is 33.4 Å². The molecule has 0 N–H and O–H groups in total. The van der Waals surface area contributed by atoms with Crippen molar-refractivity contribution in [3.63, 3.8) is 0 Å². The Morgan fingerprint density at radius 2 is 0.800 bits per heavy atom. The number of rotatable bonds is 6. The van der Waals surface area contributed by atoms with Crippen LogP contribution >= 0.6 is 0 Å². The first-order valence-electron chi connectivity index (χ1n) is 18.7. The molecule has 0 aliphatic heterocycles. The topological polar surface area (TPSA) is 29.5 Å². The van der Waals surface area contributed by atoms with Gasteiger partial charge in [0.2, 0.25) is 0 Å². The average Bonchev–Trinajstić information content (AvgIpc) is 3.82. The Kier molecular flexibility index (Phi) is 7.17. The van der Waals surface area contributed by atoms with Crippen LogP contribution in [0.4, 0.5) is 17.1 Å². The van der Waals surface area contributed by atoms with Crippen LogP contribution in [0.2, 0.25) is 0 Å². The summed E-state index contributed by atoms with van der Waals surface area (Å²) in [6.07, 6.45) is 0. The Labute approximate surface area is 317 Å². The first kappa shape index (κ1) is 31.2. The summed E-state index contributed by atoms with van der Waals surface area (Å²) in [5.74, 6) is 0. The van der Waals surface area contributed by atoms with E-state index in [0.717, 1.165) is 72.1 Å². The molecule has 0 fully saturated rings. The Morgan fingerprint density at radius 3 is 1.55 bits per heavy atom. The maximum Gasteiger partial charge on any atom is 0.136 e. The van der Waals surface area contributed by atoms with Crippen LogP contribution in [-0.2, 0) is 0 Å². The molecule has 0 aliphatic carbocycles. The van der Waals surface area contributed by atoms with Crippen LogP contribution in [0, 0.1) is 0 Å². The summed E-state index contributed by atoms with van der Waals surface area (Å²) < 4.78 is 13.0. The van der Waals surface area contributed by atoms with Crippen LogP contribution < -0.4 is 4.90 Å². The molecular weight excluding hydrogens is 671 g/mol. The van der Waals surface area contributed by atoms with E-state index in [0.29, 0.717) is 0 Å². The molecule has 258 valence electrons. The normalized spacial score (nSPS) is 11.6. The highest BCUT2D eigenvalue weighted by Crippen LogP contribution is 2.47. The molecule has 0 amide bonds. The van der Waals surface area contributed by atoms with Crippen LogP contribution in [0.25, 0.3) is 88.0 Å². The van der Waals surface area contributed by atoms with Crippen molar-refractivity contribution < 1.29 is 8.83 Å². The zero-order valence-corrected chi connectivity index (χ0v) is 29.8. The summed E-state index contributed by atoms with van der Waals surface area (Å²) >= 11 is 0. The third-order valence-electron chi connectivity index (χ3n) is 10.9. The van der Waals surface area contributed by atoms with Crippen molar-refractivity contribution in [1.82, 2.24) is 0 Å². The smallest absolute Gasteiger partial charge is 0.136 e. The quantitative estimate of drug-likeness (QED) is 0.173. The van der Waals surface area contributed by atoms with E-state index in [-0.39, 0.29) is 0 Å². The highest BCUT2D eigenvalue weighted by molar-refractivity contribution is 6.22. The van der Waals surface area contributed by atoms with Gasteiger partial charge in [-0.1, -0.05) is 146 Å². The molecule has 0 saturated heterocycles. The summed E-state index contributed by atoms with van der Waals surface area (Å²) in [5, 5.41) is 6.74. The van der Waals surface area contributed by atoms with Gasteiger partial charge in [-0.05, 0) is 93.2 Å². The molecule has 2 heterocycles. The Morgan fingerprint density at radius 1 is 0.291 bits per heavy atom. The monoisotopic (exact) mass is 703 g/mol. The van der Waals surface area contributed by atoms with Crippen LogP contribution in [0.3, 0.4) is 0 Å². The number of benzene rings is 9. The lowest BCUT2D eigenvalue weighted by Gasteiger charge is -2.28. The third kappa shape index (κ3) is 5.13. The highest BCUT2D eigenvalue weighted by Gasteiger charge is 2.22. The van der Waals surface area contributed by atoms with Gasteiger partial charge < -0.3 is 13.7 Å². The highest BCUT2D eigenvalue weighted by atomic mass is 16.3. The molecule has 9 aromatic carbocycles. The first-order valence-corrected chi connectivity index (χ1v) is 18.7. The minimum atomic E-state index is 0.855. The molecule has 0 atom stereocenters. The van der Waals surface area contributed by atoms with E-state index in [9.17, 15) is 0 Å². The predicted molar refractivity (Wildman–Crippen MR) is 229 cm³/mol. The summed E-state index contributed by atoms with van der Waals surface area (Å²) in [7, 11) is 0. The number of nitrogens with zero attached hydrogens (tertiary/aromatic N) is 1. The van der Waals surface area contributed by atoms with Crippen LogP contribution in [0.15, 0.2) is 209 Å². The van der Waals surface area contributed by atoms with Gasteiger partial charge in [-0.15, -0.1) is 0 Å². The molecule has 11 aromatic rings. The van der Waals surface area contributed by atoms with Gasteiger partial charge >= 0.3 is 0 Å². The van der Waals surface area contributed by atoms with Crippen molar-refractivity contribution in [2.45, 2.75) is 0 Å². The molecule has 0 spiro atoms. The van der Waals surface area contributed by atoms with Crippen molar-refractivity contribution in [1.29, 1.82) is 0 Å². The van der Waals surface area contributed by atoms with Gasteiger partial charge in [0.05, 0.1) is 5.69 Å². The van der Waals surface area contributed by atoms with Crippen LogP contribution in [0.1, 0.15) is 0 Å². The molecule has 3 heteroatoms. The van der Waals surface area contributed by atoms with Gasteiger partial charge in [0.1, 0.15) is 22.3 Å². The fraction of sp³-hybridized carbons (Fsp3) is 0. The molecule has 3 nitrogen and oxygen atoms in total. The number of fused-ring (bicyclic) bond motifs is 8. The van der Waals surface area contributed by atoms with Gasteiger partial charge in [-0.2, -0.15) is 0 Å². The van der Waals surface area contributed by atoms with E-state index in [1.165, 1.54) is 33.0 Å². The third-order valence-corrected chi connectivity index (χ3v) is 10.9. The van der Waals surface area contributed by atoms with E-state index < -0.39 is 0 Å². The maximum absolute atomic E-state index is 6.69. The second-order valence-electron chi connectivity index (χ2n) is 14.0. The Hall–Kier alpha value is -7.36. The van der Waals surface area contributed by atoms with E-state index >= 15 is 0 Å². The maximum atomic E-state index is 6.69. The summed E-state index contributed by atoms with van der Waals surface area (Å²) in [6, 6.07) is 70.9. The number of furan rings is 2. The zero-order chi connectivity index (χ0) is 36.3. The largest absolute Gasteiger partial charge is 0.456 e. The summed E-state index contributed by atoms with van der Waals surface area (Å²) in [4.78, 5) is 2.39. The van der Waals surface area contributed by atoms with Gasteiger partial charge in [0.25, 0.3) is 0 Å².